The lowest BCUT2D eigenvalue weighted by Crippen LogP contribution is -2.37. The van der Waals surface area contributed by atoms with Gasteiger partial charge in [-0.15, -0.1) is 0 Å². The number of nitrogens with one attached hydrogen (secondary N) is 1. The number of rotatable bonds is 11. The summed E-state index contributed by atoms with van der Waals surface area (Å²) in [6.07, 6.45) is 0.687. The summed E-state index contributed by atoms with van der Waals surface area (Å²) in [4.78, 5) is 26.9. The Morgan fingerprint density at radius 3 is 2.48 bits per heavy atom. The van der Waals surface area contributed by atoms with E-state index in [9.17, 15) is 22.8 Å². The molecular weight excluding hydrogens is 411 g/mol. The summed E-state index contributed by atoms with van der Waals surface area (Å²) in [5, 5.41) is 2.24. The van der Waals surface area contributed by atoms with Crippen LogP contribution in [0.25, 0.3) is 0 Å². The third-order valence-corrected chi connectivity index (χ3v) is 4.98. The first-order valence-electron chi connectivity index (χ1n) is 10.0. The fraction of sp³-hybridized carbons (Fsp3) is 0.455. The molecule has 0 aliphatic rings. The first-order chi connectivity index (χ1) is 14.7. The summed E-state index contributed by atoms with van der Waals surface area (Å²) in [7, 11) is 1.61. The van der Waals surface area contributed by atoms with Crippen LogP contribution < -0.4 is 5.32 Å². The number of anilines is 1. The zero-order chi connectivity index (χ0) is 23.1. The zero-order valence-corrected chi connectivity index (χ0v) is 18.2. The Balaban J connectivity index is 2.08. The number of hydrogen-bond donors (Lipinski definition) is 1. The Bertz CT molecular complexity index is 944. The second-order valence-electron chi connectivity index (χ2n) is 7.33. The maximum absolute atomic E-state index is 13.8. The van der Waals surface area contributed by atoms with Gasteiger partial charge in [0.2, 0.25) is 5.91 Å². The topological polar surface area (TPSA) is 63.6 Å². The summed E-state index contributed by atoms with van der Waals surface area (Å²) in [6.45, 7) is 7.08. The van der Waals surface area contributed by atoms with E-state index in [1.807, 2.05) is 31.4 Å². The maximum atomic E-state index is 13.8. The Labute approximate surface area is 180 Å². The van der Waals surface area contributed by atoms with E-state index in [-0.39, 0.29) is 18.9 Å². The van der Waals surface area contributed by atoms with Crippen LogP contribution in [0.15, 0.2) is 18.2 Å². The lowest BCUT2D eigenvalue weighted by molar-refractivity contribution is -0.117. The van der Waals surface area contributed by atoms with Crippen LogP contribution in [0.3, 0.4) is 0 Å². The molecule has 0 spiro atoms. The van der Waals surface area contributed by atoms with Gasteiger partial charge in [-0.1, -0.05) is 6.92 Å². The molecule has 0 saturated heterocycles. The predicted octanol–water partition coefficient (Wildman–Crippen LogP) is 3.70. The molecule has 0 bridgehead atoms. The molecule has 1 heterocycles. The standard InChI is InChI=1S/C22H28F3N3O3/c1-5-8-27(13-20(30)26-18-7-6-17(23)21(24)22(18)25)12-19(29)16-11-14(2)28(15(16)3)9-10-31-4/h6-7,11H,5,8-10,12-13H2,1-4H3,(H,26,30). The number of halogens is 3. The monoisotopic (exact) mass is 439 g/mol. The number of carbonyl (C=O) groups excluding carboxylic acids is 2. The molecule has 1 amide bonds. The highest BCUT2D eigenvalue weighted by Gasteiger charge is 2.21. The number of ether oxygens (including phenoxy) is 1. The fourth-order valence-electron chi connectivity index (χ4n) is 3.44. The minimum absolute atomic E-state index is 0.00388. The van der Waals surface area contributed by atoms with Gasteiger partial charge in [-0.2, -0.15) is 0 Å². The molecule has 0 fully saturated rings. The number of aromatic nitrogens is 1. The number of benzene rings is 1. The van der Waals surface area contributed by atoms with Gasteiger partial charge in [0.1, 0.15) is 0 Å². The van der Waals surface area contributed by atoms with Crippen molar-refractivity contribution in [3.63, 3.8) is 0 Å². The summed E-state index contributed by atoms with van der Waals surface area (Å²) in [6, 6.07) is 3.50. The van der Waals surface area contributed by atoms with Gasteiger partial charge in [0.15, 0.2) is 23.2 Å². The highest BCUT2D eigenvalue weighted by atomic mass is 19.2. The number of ketones is 1. The quantitative estimate of drug-likeness (QED) is 0.428. The van der Waals surface area contributed by atoms with E-state index in [0.29, 0.717) is 31.7 Å². The molecule has 0 saturated carbocycles. The Morgan fingerprint density at radius 2 is 1.84 bits per heavy atom. The van der Waals surface area contributed by atoms with Gasteiger partial charge < -0.3 is 14.6 Å². The highest BCUT2D eigenvalue weighted by Crippen LogP contribution is 2.20. The van der Waals surface area contributed by atoms with Gasteiger partial charge in [0.05, 0.1) is 25.4 Å². The number of nitrogens with zero attached hydrogens (tertiary/aromatic N) is 2. The van der Waals surface area contributed by atoms with Crippen LogP contribution in [0.4, 0.5) is 18.9 Å². The van der Waals surface area contributed by atoms with Crippen LogP contribution in [0.5, 0.6) is 0 Å². The molecule has 0 atom stereocenters. The summed E-state index contributed by atoms with van der Waals surface area (Å²) in [5.41, 5.74) is 1.88. The first-order valence-corrected chi connectivity index (χ1v) is 10.0. The molecule has 1 N–H and O–H groups in total. The van der Waals surface area contributed by atoms with E-state index in [4.69, 9.17) is 4.74 Å². The molecule has 170 valence electrons. The third kappa shape index (κ3) is 6.18. The summed E-state index contributed by atoms with van der Waals surface area (Å²) < 4.78 is 47.3. The van der Waals surface area contributed by atoms with Crippen LogP contribution in [-0.4, -0.2) is 54.5 Å². The number of Topliss-reactive ketones (excluding diaryl/α,β-unsaturated/α-hetero) is 1. The van der Waals surface area contributed by atoms with Crippen LogP contribution in [0.2, 0.25) is 0 Å². The molecule has 0 unspecified atom stereocenters. The first kappa shape index (κ1) is 24.6. The Morgan fingerprint density at radius 1 is 1.13 bits per heavy atom. The normalized spacial score (nSPS) is 11.2. The smallest absolute Gasteiger partial charge is 0.238 e. The average Bonchev–Trinajstić information content (AvgIpc) is 3.00. The van der Waals surface area contributed by atoms with Crippen LogP contribution in [-0.2, 0) is 16.1 Å². The number of methoxy groups -OCH3 is 1. The van der Waals surface area contributed by atoms with Crippen molar-refractivity contribution in [1.82, 2.24) is 9.47 Å². The van der Waals surface area contributed by atoms with Crippen molar-refractivity contribution >= 4 is 17.4 Å². The molecular formula is C22H28F3N3O3. The lowest BCUT2D eigenvalue weighted by Gasteiger charge is -2.20. The van der Waals surface area contributed by atoms with Crippen LogP contribution in [0.1, 0.15) is 35.1 Å². The van der Waals surface area contributed by atoms with E-state index in [0.717, 1.165) is 23.5 Å². The largest absolute Gasteiger partial charge is 0.383 e. The van der Waals surface area contributed by atoms with Gasteiger partial charge >= 0.3 is 0 Å². The van der Waals surface area contributed by atoms with Crippen molar-refractivity contribution in [3.8, 4) is 0 Å². The van der Waals surface area contributed by atoms with Gasteiger partial charge in [0.25, 0.3) is 0 Å². The molecule has 0 aliphatic heterocycles. The number of hydrogen-bond acceptors (Lipinski definition) is 4. The Hall–Kier alpha value is -2.65. The van der Waals surface area contributed by atoms with E-state index in [1.54, 1.807) is 12.0 Å². The molecule has 0 radical (unpaired) electrons. The third-order valence-electron chi connectivity index (χ3n) is 4.98. The second-order valence-corrected chi connectivity index (χ2v) is 7.33. The van der Waals surface area contributed by atoms with Crippen molar-refractivity contribution in [3.05, 3.63) is 52.6 Å². The molecule has 2 rings (SSSR count). The van der Waals surface area contributed by atoms with Crippen molar-refractivity contribution in [2.75, 3.05) is 38.7 Å². The fourth-order valence-corrected chi connectivity index (χ4v) is 3.44. The van der Waals surface area contributed by atoms with E-state index >= 15 is 0 Å². The van der Waals surface area contributed by atoms with E-state index in [2.05, 4.69) is 5.32 Å². The van der Waals surface area contributed by atoms with Crippen molar-refractivity contribution in [1.29, 1.82) is 0 Å². The minimum Gasteiger partial charge on any atom is -0.383 e. The maximum Gasteiger partial charge on any atom is 0.238 e. The lowest BCUT2D eigenvalue weighted by atomic mass is 10.1. The summed E-state index contributed by atoms with van der Waals surface area (Å²) in [5.74, 6) is -5.22. The van der Waals surface area contributed by atoms with Crippen molar-refractivity contribution in [2.24, 2.45) is 0 Å². The number of amides is 1. The Kier molecular flexibility index (Phi) is 8.82. The van der Waals surface area contributed by atoms with E-state index < -0.39 is 29.0 Å². The van der Waals surface area contributed by atoms with Crippen molar-refractivity contribution in [2.45, 2.75) is 33.7 Å². The second kappa shape index (κ2) is 11.1. The van der Waals surface area contributed by atoms with Crippen LogP contribution in [0, 0.1) is 31.3 Å². The van der Waals surface area contributed by atoms with E-state index in [1.165, 1.54) is 0 Å². The van der Waals surface area contributed by atoms with Gasteiger partial charge in [-0.25, -0.2) is 13.2 Å². The molecule has 1 aromatic heterocycles. The predicted molar refractivity (Wildman–Crippen MR) is 112 cm³/mol. The summed E-state index contributed by atoms with van der Waals surface area (Å²) >= 11 is 0. The average molecular weight is 439 g/mol. The van der Waals surface area contributed by atoms with Gasteiger partial charge in [-0.3, -0.25) is 14.5 Å². The minimum atomic E-state index is -1.65. The SMILES string of the molecule is CCCN(CC(=O)Nc1ccc(F)c(F)c1F)CC(=O)c1cc(C)n(CCOC)c1C. The zero-order valence-electron chi connectivity index (χ0n) is 18.2. The van der Waals surface area contributed by atoms with Crippen molar-refractivity contribution < 1.29 is 27.5 Å². The number of aryl methyl sites for hydroxylation is 1. The molecule has 2 aromatic rings. The number of carbonyl (C=O) groups is 2. The molecule has 9 heteroatoms. The van der Waals surface area contributed by atoms with Crippen LogP contribution >= 0.6 is 0 Å². The van der Waals surface area contributed by atoms with Gasteiger partial charge in [0, 0.05) is 30.6 Å². The molecule has 0 aliphatic carbocycles. The molecule has 6 nitrogen and oxygen atoms in total. The highest BCUT2D eigenvalue weighted by molar-refractivity contribution is 5.99. The molecule has 31 heavy (non-hydrogen) atoms. The molecule has 1 aromatic carbocycles. The van der Waals surface area contributed by atoms with Gasteiger partial charge in [-0.05, 0) is 45.0 Å².